The highest BCUT2D eigenvalue weighted by molar-refractivity contribution is 7.85. The number of carbonyl (C=O) groups excluding carboxylic acids is 1. The Bertz CT molecular complexity index is 1110. The van der Waals surface area contributed by atoms with Crippen LogP contribution in [0.1, 0.15) is 30.4 Å². The fourth-order valence-electron chi connectivity index (χ4n) is 4.59. The van der Waals surface area contributed by atoms with Crippen LogP contribution in [0.4, 0.5) is 4.39 Å². The van der Waals surface area contributed by atoms with Gasteiger partial charge in [-0.1, -0.05) is 12.1 Å². The zero-order valence-electron chi connectivity index (χ0n) is 20.5. The maximum Gasteiger partial charge on any atom is 0.264 e. The molecule has 10 heteroatoms. The third-order valence-electron chi connectivity index (χ3n) is 6.25. The molecule has 0 spiro atoms. The molecule has 1 atom stereocenters. The molecule has 2 aromatic carbocycles. The average molecular weight is 510 g/mol. The molecule has 1 saturated heterocycles. The van der Waals surface area contributed by atoms with Crippen LogP contribution in [0.2, 0.25) is 0 Å². The van der Waals surface area contributed by atoms with Crippen LogP contribution >= 0.6 is 0 Å². The topological polar surface area (TPSA) is 91.4 Å². The summed E-state index contributed by atoms with van der Waals surface area (Å²) in [4.78, 5) is 15.5. The second-order valence-electron chi connectivity index (χ2n) is 8.72. The second kappa shape index (κ2) is 11.3. The summed E-state index contributed by atoms with van der Waals surface area (Å²) in [6.45, 7) is 0.883. The summed E-state index contributed by atoms with van der Waals surface area (Å²) < 4.78 is 57.2. The molecule has 0 aromatic heterocycles. The lowest BCUT2D eigenvalue weighted by molar-refractivity contribution is -0.137. The highest BCUT2D eigenvalue weighted by Gasteiger charge is 2.46. The molecule has 1 fully saturated rings. The molecule has 192 valence electrons. The molecule has 1 aliphatic heterocycles. The van der Waals surface area contributed by atoms with Gasteiger partial charge in [-0.05, 0) is 61.1 Å². The van der Waals surface area contributed by atoms with Crippen molar-refractivity contribution in [3.8, 4) is 17.2 Å². The monoisotopic (exact) mass is 509 g/mol. The van der Waals surface area contributed by atoms with E-state index >= 15 is 0 Å². The van der Waals surface area contributed by atoms with Gasteiger partial charge in [0.2, 0.25) is 11.7 Å². The number of halogens is 1. The minimum atomic E-state index is -3.56. The van der Waals surface area contributed by atoms with E-state index in [-0.39, 0.29) is 18.3 Å². The number of ether oxygens (including phenoxy) is 3. The number of benzene rings is 2. The summed E-state index contributed by atoms with van der Waals surface area (Å²) in [7, 11) is 1.04. The molecule has 8 nitrogen and oxygen atoms in total. The van der Waals surface area contributed by atoms with Gasteiger partial charge in [-0.2, -0.15) is 8.42 Å². The quantitative estimate of drug-likeness (QED) is 0.319. The first-order valence-electron chi connectivity index (χ1n) is 11.3. The van der Waals surface area contributed by atoms with Gasteiger partial charge >= 0.3 is 0 Å². The van der Waals surface area contributed by atoms with Crippen LogP contribution in [0.25, 0.3) is 0 Å². The first kappa shape index (κ1) is 26.7. The predicted molar refractivity (Wildman–Crippen MR) is 129 cm³/mol. The number of methoxy groups -OCH3 is 3. The Kier molecular flexibility index (Phi) is 8.60. The normalized spacial score (nSPS) is 18.1. The van der Waals surface area contributed by atoms with Crippen molar-refractivity contribution >= 4 is 16.0 Å². The number of carbonyl (C=O) groups is 1. The molecular weight excluding hydrogens is 477 g/mol. The minimum Gasteiger partial charge on any atom is -0.493 e. The number of likely N-dealkylation sites (tertiary alicyclic amines) is 1. The lowest BCUT2D eigenvalue weighted by Gasteiger charge is -2.28. The van der Waals surface area contributed by atoms with Crippen LogP contribution in [0, 0.1) is 11.2 Å². The van der Waals surface area contributed by atoms with Crippen molar-refractivity contribution in [3.05, 3.63) is 53.3 Å². The van der Waals surface area contributed by atoms with E-state index in [1.54, 1.807) is 17.0 Å². The summed E-state index contributed by atoms with van der Waals surface area (Å²) in [5.74, 6) is 1.11. The van der Waals surface area contributed by atoms with Gasteiger partial charge in [0.1, 0.15) is 5.82 Å². The van der Waals surface area contributed by atoms with E-state index in [9.17, 15) is 17.6 Å². The SMILES string of the molecule is COc1cc(CN2CCC(CCCOS(C)(=O)=O)(Cc3ccc(F)cc3)C2=O)cc(OC)c1OC. The Labute approximate surface area is 206 Å². The second-order valence-corrected chi connectivity index (χ2v) is 10.4. The van der Waals surface area contributed by atoms with Gasteiger partial charge in [0.15, 0.2) is 11.5 Å². The van der Waals surface area contributed by atoms with Crippen molar-refractivity contribution in [2.45, 2.75) is 32.2 Å². The molecular formula is C25H32FNO7S. The number of hydrogen-bond acceptors (Lipinski definition) is 7. The fourth-order valence-corrected chi connectivity index (χ4v) is 5.01. The van der Waals surface area contributed by atoms with E-state index in [2.05, 4.69) is 0 Å². The molecule has 0 bridgehead atoms. The molecule has 1 unspecified atom stereocenters. The predicted octanol–water partition coefficient (Wildman–Crippen LogP) is 3.57. The van der Waals surface area contributed by atoms with Gasteiger partial charge in [0.05, 0.1) is 39.6 Å². The third kappa shape index (κ3) is 6.64. The van der Waals surface area contributed by atoms with Crippen LogP contribution in [0.5, 0.6) is 17.2 Å². The van der Waals surface area contributed by atoms with Crippen LogP contribution in [0.15, 0.2) is 36.4 Å². The summed E-state index contributed by atoms with van der Waals surface area (Å²) >= 11 is 0. The Morgan fingerprint density at radius 1 is 1.00 bits per heavy atom. The highest BCUT2D eigenvalue weighted by Crippen LogP contribution is 2.42. The zero-order chi connectivity index (χ0) is 25.6. The summed E-state index contributed by atoms with van der Waals surface area (Å²) in [5, 5.41) is 0. The van der Waals surface area contributed by atoms with Gasteiger partial charge in [0, 0.05) is 13.1 Å². The van der Waals surface area contributed by atoms with E-state index in [0.717, 1.165) is 17.4 Å². The Balaban J connectivity index is 1.82. The summed E-state index contributed by atoms with van der Waals surface area (Å²) in [6, 6.07) is 9.74. The van der Waals surface area contributed by atoms with Crippen LogP contribution < -0.4 is 14.2 Å². The number of rotatable bonds is 12. The van der Waals surface area contributed by atoms with Crippen molar-refractivity contribution in [2.75, 3.05) is 40.7 Å². The van der Waals surface area contributed by atoms with Gasteiger partial charge < -0.3 is 19.1 Å². The van der Waals surface area contributed by atoms with Crippen molar-refractivity contribution in [2.24, 2.45) is 5.41 Å². The number of amides is 1. The van der Waals surface area contributed by atoms with Gasteiger partial charge in [-0.3, -0.25) is 8.98 Å². The molecule has 3 rings (SSSR count). The van der Waals surface area contributed by atoms with Crippen molar-refractivity contribution in [3.63, 3.8) is 0 Å². The third-order valence-corrected chi connectivity index (χ3v) is 6.85. The van der Waals surface area contributed by atoms with E-state index in [4.69, 9.17) is 18.4 Å². The Morgan fingerprint density at radius 2 is 1.63 bits per heavy atom. The van der Waals surface area contributed by atoms with Gasteiger partial charge in [0.25, 0.3) is 10.1 Å². The Morgan fingerprint density at radius 3 is 2.17 bits per heavy atom. The van der Waals surface area contributed by atoms with E-state index in [0.29, 0.717) is 56.0 Å². The standard InChI is InChI=1S/C25H32FNO7S/c1-31-21-14-19(15-22(32-2)23(21)33-3)17-27-12-11-25(24(27)28,10-5-13-34-35(4,29)30)16-18-6-8-20(26)9-7-18/h6-9,14-15H,5,10-13,16-17H2,1-4H3. The van der Waals surface area contributed by atoms with Crippen molar-refractivity contribution < 1.29 is 36.0 Å². The van der Waals surface area contributed by atoms with Crippen LogP contribution in [-0.2, 0) is 32.1 Å². The molecule has 1 heterocycles. The Hall–Kier alpha value is -2.85. The molecule has 35 heavy (non-hydrogen) atoms. The minimum absolute atomic E-state index is 0.00413. The lowest BCUT2D eigenvalue weighted by atomic mass is 9.76. The molecule has 0 radical (unpaired) electrons. The van der Waals surface area contributed by atoms with E-state index in [1.807, 2.05) is 12.1 Å². The molecule has 2 aromatic rings. The maximum atomic E-state index is 13.7. The zero-order valence-corrected chi connectivity index (χ0v) is 21.3. The van der Waals surface area contributed by atoms with Crippen LogP contribution in [-0.4, -0.2) is 60.0 Å². The molecule has 0 aliphatic carbocycles. The smallest absolute Gasteiger partial charge is 0.264 e. The largest absolute Gasteiger partial charge is 0.493 e. The maximum absolute atomic E-state index is 13.7. The number of nitrogens with zero attached hydrogens (tertiary/aromatic N) is 1. The first-order chi connectivity index (χ1) is 16.6. The summed E-state index contributed by atoms with van der Waals surface area (Å²) in [6.07, 6.45) is 2.87. The van der Waals surface area contributed by atoms with Gasteiger partial charge in [-0.25, -0.2) is 4.39 Å². The van der Waals surface area contributed by atoms with Gasteiger partial charge in [-0.15, -0.1) is 0 Å². The fraction of sp³-hybridized carbons (Fsp3) is 0.480. The first-order valence-corrected chi connectivity index (χ1v) is 13.1. The van der Waals surface area contributed by atoms with Crippen molar-refractivity contribution in [1.82, 2.24) is 4.90 Å². The van der Waals surface area contributed by atoms with Crippen LogP contribution in [0.3, 0.4) is 0 Å². The van der Waals surface area contributed by atoms with Crippen molar-refractivity contribution in [1.29, 1.82) is 0 Å². The van der Waals surface area contributed by atoms with E-state index in [1.165, 1.54) is 33.5 Å². The summed E-state index contributed by atoms with van der Waals surface area (Å²) in [5.41, 5.74) is 0.934. The molecule has 1 amide bonds. The molecule has 0 saturated carbocycles. The lowest BCUT2D eigenvalue weighted by Crippen LogP contribution is -2.36. The average Bonchev–Trinajstić information content (AvgIpc) is 3.12. The molecule has 0 N–H and O–H groups in total. The number of hydrogen-bond donors (Lipinski definition) is 0. The highest BCUT2D eigenvalue weighted by atomic mass is 32.2. The molecule has 1 aliphatic rings. The van der Waals surface area contributed by atoms with E-state index < -0.39 is 15.5 Å².